The van der Waals surface area contributed by atoms with E-state index in [1.807, 2.05) is 18.2 Å². The van der Waals surface area contributed by atoms with Crippen LogP contribution in [0.1, 0.15) is 35.4 Å². The normalized spacial score (nSPS) is 15.4. The molecule has 0 amide bonds. The molecule has 1 fully saturated rings. The van der Waals surface area contributed by atoms with Crippen LogP contribution in [0.2, 0.25) is 0 Å². The van der Waals surface area contributed by atoms with Crippen molar-refractivity contribution in [3.8, 4) is 6.07 Å². The number of hydrazine groups is 2. The SMILES string of the molecule is N#Cc1ccc(CSc2cc(N)nc3c2NNN3)c(C2CC2)c1. The molecule has 2 aliphatic rings. The molecule has 0 saturated heterocycles. The summed E-state index contributed by atoms with van der Waals surface area (Å²) >= 11 is 1.72. The minimum atomic E-state index is 0.492. The van der Waals surface area contributed by atoms with Crippen molar-refractivity contribution >= 4 is 29.1 Å². The molecule has 1 saturated carbocycles. The van der Waals surface area contributed by atoms with Crippen LogP contribution in [-0.2, 0) is 5.75 Å². The van der Waals surface area contributed by atoms with Crippen molar-refractivity contribution in [1.82, 2.24) is 10.5 Å². The third kappa shape index (κ3) is 2.79. The van der Waals surface area contributed by atoms with E-state index in [0.717, 1.165) is 27.7 Å². The lowest BCUT2D eigenvalue weighted by Gasteiger charge is -2.11. The second-order valence-electron chi connectivity index (χ2n) is 5.73. The first-order chi connectivity index (χ1) is 11.2. The van der Waals surface area contributed by atoms with Gasteiger partial charge >= 0.3 is 0 Å². The number of rotatable bonds is 4. The Kier molecular flexibility index (Phi) is 3.48. The fraction of sp³-hybridized carbons (Fsp3) is 0.250. The van der Waals surface area contributed by atoms with Crippen molar-refractivity contribution in [3.63, 3.8) is 0 Å². The number of pyridine rings is 1. The Morgan fingerprint density at radius 1 is 1.30 bits per heavy atom. The maximum Gasteiger partial charge on any atom is 0.169 e. The predicted octanol–water partition coefficient (Wildman–Crippen LogP) is 2.96. The highest BCUT2D eigenvalue weighted by atomic mass is 32.2. The number of anilines is 3. The smallest absolute Gasteiger partial charge is 0.169 e. The lowest BCUT2D eigenvalue weighted by molar-refractivity contribution is 0.997. The standard InChI is InChI=1S/C16H16N6S/c17-7-9-1-2-11(12(5-9)10-3-4-10)8-23-13-6-14(18)19-16-15(13)20-22-21-16/h1-2,5-6,10,20,22H,3-4,8H2,(H3,18,19,21). The molecule has 1 aliphatic heterocycles. The first-order valence-electron chi connectivity index (χ1n) is 7.48. The zero-order valence-electron chi connectivity index (χ0n) is 12.4. The zero-order chi connectivity index (χ0) is 15.8. The molecule has 6 nitrogen and oxygen atoms in total. The number of hydrogen-bond donors (Lipinski definition) is 4. The van der Waals surface area contributed by atoms with E-state index in [1.165, 1.54) is 24.0 Å². The fourth-order valence-electron chi connectivity index (χ4n) is 2.74. The molecule has 116 valence electrons. The molecule has 1 aromatic carbocycles. The molecule has 0 bridgehead atoms. The molecule has 0 atom stereocenters. The Balaban J connectivity index is 1.60. The third-order valence-electron chi connectivity index (χ3n) is 4.05. The second kappa shape index (κ2) is 5.65. The van der Waals surface area contributed by atoms with Gasteiger partial charge < -0.3 is 5.73 Å². The number of nitrogens with one attached hydrogen (secondary N) is 3. The van der Waals surface area contributed by atoms with Crippen molar-refractivity contribution < 1.29 is 0 Å². The summed E-state index contributed by atoms with van der Waals surface area (Å²) in [6.45, 7) is 0. The van der Waals surface area contributed by atoms with Gasteiger partial charge in [0.1, 0.15) is 11.5 Å². The number of benzene rings is 1. The Hall–Kier alpha value is -2.43. The molecular formula is C16H16N6S. The van der Waals surface area contributed by atoms with Crippen LogP contribution in [-0.4, -0.2) is 4.98 Å². The molecule has 7 heteroatoms. The number of hydrogen-bond acceptors (Lipinski definition) is 7. The van der Waals surface area contributed by atoms with Gasteiger partial charge in [-0.3, -0.25) is 10.9 Å². The summed E-state index contributed by atoms with van der Waals surface area (Å²) in [5, 5.41) is 9.10. The number of nitrogens with zero attached hydrogens (tertiary/aromatic N) is 2. The van der Waals surface area contributed by atoms with Gasteiger partial charge in [0, 0.05) is 10.6 Å². The van der Waals surface area contributed by atoms with Crippen LogP contribution in [0.3, 0.4) is 0 Å². The van der Waals surface area contributed by atoms with E-state index in [1.54, 1.807) is 11.8 Å². The quantitative estimate of drug-likeness (QED) is 0.642. The molecule has 1 aliphatic carbocycles. The van der Waals surface area contributed by atoms with Gasteiger partial charge in [0.25, 0.3) is 0 Å². The second-order valence-corrected chi connectivity index (χ2v) is 6.75. The van der Waals surface area contributed by atoms with Gasteiger partial charge in [-0.15, -0.1) is 17.3 Å². The summed E-state index contributed by atoms with van der Waals surface area (Å²) in [5.41, 5.74) is 19.0. The van der Waals surface area contributed by atoms with Gasteiger partial charge in [-0.2, -0.15) is 5.26 Å². The van der Waals surface area contributed by atoms with Crippen LogP contribution in [0, 0.1) is 11.3 Å². The zero-order valence-corrected chi connectivity index (χ0v) is 13.2. The number of fused-ring (bicyclic) bond motifs is 1. The molecule has 0 radical (unpaired) electrons. The molecule has 23 heavy (non-hydrogen) atoms. The van der Waals surface area contributed by atoms with Crippen LogP contribution in [0.25, 0.3) is 0 Å². The largest absolute Gasteiger partial charge is 0.384 e. The van der Waals surface area contributed by atoms with Gasteiger partial charge in [0.2, 0.25) is 0 Å². The van der Waals surface area contributed by atoms with E-state index >= 15 is 0 Å². The van der Waals surface area contributed by atoms with Crippen molar-refractivity contribution in [2.24, 2.45) is 0 Å². The number of nitrogens with two attached hydrogens (primary N) is 1. The maximum atomic E-state index is 9.10. The van der Waals surface area contributed by atoms with E-state index in [4.69, 9.17) is 11.0 Å². The third-order valence-corrected chi connectivity index (χ3v) is 5.14. The fourth-order valence-corrected chi connectivity index (χ4v) is 3.81. The Morgan fingerprint density at radius 2 is 2.17 bits per heavy atom. The van der Waals surface area contributed by atoms with Crippen LogP contribution in [0.4, 0.5) is 17.3 Å². The minimum Gasteiger partial charge on any atom is -0.384 e. The molecule has 0 unspecified atom stereocenters. The summed E-state index contributed by atoms with van der Waals surface area (Å²) in [7, 11) is 0. The predicted molar refractivity (Wildman–Crippen MR) is 91.7 cm³/mol. The summed E-state index contributed by atoms with van der Waals surface area (Å²) in [6.07, 6.45) is 2.44. The number of thioether (sulfide) groups is 1. The lowest BCUT2D eigenvalue weighted by Crippen LogP contribution is -2.19. The molecular weight excluding hydrogens is 308 g/mol. The van der Waals surface area contributed by atoms with Crippen LogP contribution >= 0.6 is 11.8 Å². The Labute approximate surface area is 138 Å². The number of aromatic nitrogens is 1. The van der Waals surface area contributed by atoms with Crippen LogP contribution in [0.15, 0.2) is 29.2 Å². The molecule has 5 N–H and O–H groups in total. The highest BCUT2D eigenvalue weighted by Gasteiger charge is 2.26. The summed E-state index contributed by atoms with van der Waals surface area (Å²) < 4.78 is 0. The first kappa shape index (κ1) is 14.2. The van der Waals surface area contributed by atoms with E-state index in [0.29, 0.717) is 11.7 Å². The average molecular weight is 324 g/mol. The number of nitriles is 1. The summed E-state index contributed by atoms with van der Waals surface area (Å²) in [6, 6.07) is 10.1. The Bertz CT molecular complexity index is 809. The van der Waals surface area contributed by atoms with E-state index in [-0.39, 0.29) is 0 Å². The van der Waals surface area contributed by atoms with E-state index < -0.39 is 0 Å². The summed E-state index contributed by atoms with van der Waals surface area (Å²) in [5.74, 6) is 2.67. The molecule has 1 aromatic heterocycles. The van der Waals surface area contributed by atoms with Gasteiger partial charge in [-0.1, -0.05) is 6.07 Å². The van der Waals surface area contributed by atoms with Gasteiger partial charge in [-0.05, 0) is 48.1 Å². The first-order valence-corrected chi connectivity index (χ1v) is 8.46. The molecule has 4 rings (SSSR count). The average Bonchev–Trinajstić information content (AvgIpc) is 3.30. The maximum absolute atomic E-state index is 9.10. The van der Waals surface area contributed by atoms with Crippen molar-refractivity contribution in [3.05, 3.63) is 41.0 Å². The minimum absolute atomic E-state index is 0.492. The molecule has 2 aromatic rings. The van der Waals surface area contributed by atoms with Gasteiger partial charge in [0.15, 0.2) is 5.82 Å². The van der Waals surface area contributed by atoms with E-state index in [9.17, 15) is 0 Å². The molecule has 0 spiro atoms. The molecule has 2 heterocycles. The van der Waals surface area contributed by atoms with Gasteiger partial charge in [0.05, 0.1) is 11.6 Å². The topological polar surface area (TPSA) is 98.8 Å². The lowest BCUT2D eigenvalue weighted by atomic mass is 10.0. The Morgan fingerprint density at radius 3 is 2.96 bits per heavy atom. The number of nitrogen functional groups attached to an aromatic ring is 1. The van der Waals surface area contributed by atoms with Crippen LogP contribution in [0.5, 0.6) is 0 Å². The monoisotopic (exact) mass is 324 g/mol. The van der Waals surface area contributed by atoms with E-state index in [2.05, 4.69) is 33.5 Å². The van der Waals surface area contributed by atoms with Crippen molar-refractivity contribution in [2.75, 3.05) is 16.6 Å². The van der Waals surface area contributed by atoms with Crippen molar-refractivity contribution in [2.45, 2.75) is 29.4 Å². The van der Waals surface area contributed by atoms with Gasteiger partial charge in [-0.25, -0.2) is 4.98 Å². The highest BCUT2D eigenvalue weighted by Crippen LogP contribution is 2.44. The van der Waals surface area contributed by atoms with Crippen LogP contribution < -0.4 is 22.1 Å². The highest BCUT2D eigenvalue weighted by molar-refractivity contribution is 7.98. The van der Waals surface area contributed by atoms with Crippen molar-refractivity contribution in [1.29, 1.82) is 5.26 Å². The summed E-state index contributed by atoms with van der Waals surface area (Å²) in [4.78, 5) is 5.29.